The van der Waals surface area contributed by atoms with E-state index in [2.05, 4.69) is 10.3 Å². The van der Waals surface area contributed by atoms with Crippen LogP contribution in [-0.2, 0) is 0 Å². The van der Waals surface area contributed by atoms with Gasteiger partial charge in [-0.3, -0.25) is 4.79 Å². The number of benzene rings is 2. The van der Waals surface area contributed by atoms with Crippen molar-refractivity contribution < 1.29 is 0 Å². The zero-order chi connectivity index (χ0) is 14.8. The zero-order valence-corrected chi connectivity index (χ0v) is 12.3. The molecule has 0 spiro atoms. The maximum Gasteiger partial charge on any atom is 0.257 e. The molecule has 106 valence electrons. The van der Waals surface area contributed by atoms with Crippen molar-refractivity contribution >= 4 is 28.2 Å². The van der Waals surface area contributed by atoms with Crippen LogP contribution in [0.1, 0.15) is 18.5 Å². The summed E-state index contributed by atoms with van der Waals surface area (Å²) in [6.45, 7) is 2.04. The minimum atomic E-state index is -0.0843. The molecule has 0 aliphatic carbocycles. The molecule has 2 aromatic carbocycles. The lowest BCUT2D eigenvalue weighted by atomic mass is 10.1. The molecular weight excluding hydrogens is 284 g/mol. The lowest BCUT2D eigenvalue weighted by Crippen LogP contribution is -2.13. The predicted octanol–water partition coefficient (Wildman–Crippen LogP) is 4.35. The number of fused-ring (bicyclic) bond motifs is 1. The summed E-state index contributed by atoms with van der Waals surface area (Å²) in [6.07, 6.45) is 0. The van der Waals surface area contributed by atoms with Crippen molar-refractivity contribution in [2.45, 2.75) is 13.0 Å². The highest BCUT2D eigenvalue weighted by Crippen LogP contribution is 2.21. The molecule has 21 heavy (non-hydrogen) atoms. The van der Waals surface area contributed by atoms with Crippen LogP contribution in [0.15, 0.2) is 59.4 Å². The monoisotopic (exact) mass is 298 g/mol. The molecule has 0 saturated heterocycles. The Morgan fingerprint density at radius 2 is 1.81 bits per heavy atom. The lowest BCUT2D eigenvalue weighted by molar-refractivity contribution is 0.874. The Labute approximate surface area is 127 Å². The quantitative estimate of drug-likeness (QED) is 0.755. The van der Waals surface area contributed by atoms with Crippen molar-refractivity contribution in [3.05, 3.63) is 75.5 Å². The van der Waals surface area contributed by atoms with Gasteiger partial charge < -0.3 is 10.3 Å². The van der Waals surface area contributed by atoms with E-state index >= 15 is 0 Å². The Hall–Kier alpha value is -2.26. The molecule has 0 amide bonds. The number of rotatable bonds is 3. The number of hydrogen-bond donors (Lipinski definition) is 2. The highest BCUT2D eigenvalue weighted by atomic mass is 35.5. The first-order chi connectivity index (χ1) is 10.1. The van der Waals surface area contributed by atoms with Gasteiger partial charge in [0.1, 0.15) is 5.82 Å². The van der Waals surface area contributed by atoms with Crippen molar-refractivity contribution in [3.63, 3.8) is 0 Å². The summed E-state index contributed by atoms with van der Waals surface area (Å²) in [4.78, 5) is 14.9. The van der Waals surface area contributed by atoms with Crippen LogP contribution in [0.4, 0.5) is 5.82 Å². The van der Waals surface area contributed by atoms with E-state index in [1.165, 1.54) is 0 Å². The number of halogens is 1. The van der Waals surface area contributed by atoms with Crippen molar-refractivity contribution in [2.24, 2.45) is 0 Å². The smallest absolute Gasteiger partial charge is 0.257 e. The van der Waals surface area contributed by atoms with Gasteiger partial charge in [-0.1, -0.05) is 41.9 Å². The van der Waals surface area contributed by atoms with Crippen LogP contribution in [0.2, 0.25) is 5.02 Å². The minimum absolute atomic E-state index is 0.0686. The summed E-state index contributed by atoms with van der Waals surface area (Å²) < 4.78 is 0. The van der Waals surface area contributed by atoms with Crippen LogP contribution < -0.4 is 10.9 Å². The molecule has 0 aliphatic heterocycles. The molecule has 1 heterocycles. The van der Waals surface area contributed by atoms with Crippen LogP contribution in [0.25, 0.3) is 10.8 Å². The molecule has 3 rings (SSSR count). The molecule has 0 fully saturated rings. The molecule has 3 nitrogen and oxygen atoms in total. The van der Waals surface area contributed by atoms with Crippen molar-refractivity contribution in [3.8, 4) is 0 Å². The number of aromatic nitrogens is 1. The largest absolute Gasteiger partial charge is 0.365 e. The van der Waals surface area contributed by atoms with Gasteiger partial charge in [0, 0.05) is 16.5 Å². The summed E-state index contributed by atoms with van der Waals surface area (Å²) in [5.74, 6) is 0.709. The molecule has 0 radical (unpaired) electrons. The summed E-state index contributed by atoms with van der Waals surface area (Å²) in [7, 11) is 0. The van der Waals surface area contributed by atoms with E-state index in [1.54, 1.807) is 0 Å². The van der Waals surface area contributed by atoms with Crippen LogP contribution in [0, 0.1) is 0 Å². The van der Waals surface area contributed by atoms with E-state index in [1.807, 2.05) is 61.5 Å². The Morgan fingerprint density at radius 1 is 1.10 bits per heavy atom. The van der Waals surface area contributed by atoms with E-state index < -0.39 is 0 Å². The molecule has 4 heteroatoms. The molecule has 0 saturated carbocycles. The molecule has 0 aliphatic rings. The maximum atomic E-state index is 12.0. The summed E-state index contributed by atoms with van der Waals surface area (Å²) in [6, 6.07) is 17.2. The van der Waals surface area contributed by atoms with Crippen LogP contribution >= 0.6 is 11.6 Å². The third kappa shape index (κ3) is 2.93. The van der Waals surface area contributed by atoms with E-state index in [-0.39, 0.29) is 11.6 Å². The average molecular weight is 299 g/mol. The van der Waals surface area contributed by atoms with Gasteiger partial charge in [0.05, 0.1) is 0 Å². The van der Waals surface area contributed by atoms with E-state index in [0.29, 0.717) is 16.2 Å². The SMILES string of the molecule is CC(Nc1cc2ccccc2c(=O)[nH]1)c1ccc(Cl)cc1. The predicted molar refractivity (Wildman–Crippen MR) is 88.1 cm³/mol. The first-order valence-corrected chi connectivity index (χ1v) is 7.15. The van der Waals surface area contributed by atoms with E-state index in [0.717, 1.165) is 10.9 Å². The third-order valence-corrected chi connectivity index (χ3v) is 3.75. The molecule has 1 unspecified atom stereocenters. The summed E-state index contributed by atoms with van der Waals surface area (Å²) in [5, 5.41) is 5.64. The van der Waals surface area contributed by atoms with Crippen molar-refractivity contribution in [2.75, 3.05) is 5.32 Å². The van der Waals surface area contributed by atoms with Crippen molar-refractivity contribution in [1.29, 1.82) is 0 Å². The molecular formula is C17H15ClN2O. The number of nitrogens with one attached hydrogen (secondary N) is 2. The second-order valence-electron chi connectivity index (χ2n) is 5.02. The maximum absolute atomic E-state index is 12.0. The summed E-state index contributed by atoms with van der Waals surface area (Å²) >= 11 is 5.89. The normalized spacial score (nSPS) is 12.3. The van der Waals surface area contributed by atoms with Crippen LogP contribution in [-0.4, -0.2) is 4.98 Å². The Bertz CT molecular complexity index is 824. The van der Waals surface area contributed by atoms with Gasteiger partial charge in [0.2, 0.25) is 0 Å². The van der Waals surface area contributed by atoms with Gasteiger partial charge in [0.15, 0.2) is 0 Å². The average Bonchev–Trinajstić information content (AvgIpc) is 2.48. The van der Waals surface area contributed by atoms with E-state index in [9.17, 15) is 4.79 Å². The Morgan fingerprint density at radius 3 is 2.57 bits per heavy atom. The third-order valence-electron chi connectivity index (χ3n) is 3.50. The fourth-order valence-corrected chi connectivity index (χ4v) is 2.48. The van der Waals surface area contributed by atoms with Crippen molar-refractivity contribution in [1.82, 2.24) is 4.98 Å². The Kier molecular flexibility index (Phi) is 3.67. The van der Waals surface area contributed by atoms with Gasteiger partial charge in [-0.25, -0.2) is 0 Å². The minimum Gasteiger partial charge on any atom is -0.365 e. The number of aromatic amines is 1. The van der Waals surface area contributed by atoms with Gasteiger partial charge in [-0.05, 0) is 42.1 Å². The van der Waals surface area contributed by atoms with E-state index in [4.69, 9.17) is 11.6 Å². The summed E-state index contributed by atoms with van der Waals surface area (Å²) in [5.41, 5.74) is 1.02. The van der Waals surface area contributed by atoms with Gasteiger partial charge >= 0.3 is 0 Å². The molecule has 1 aromatic heterocycles. The first kappa shape index (κ1) is 13.7. The topological polar surface area (TPSA) is 44.9 Å². The number of anilines is 1. The zero-order valence-electron chi connectivity index (χ0n) is 11.6. The first-order valence-electron chi connectivity index (χ1n) is 6.77. The van der Waals surface area contributed by atoms with Gasteiger partial charge in [0.25, 0.3) is 5.56 Å². The number of pyridine rings is 1. The lowest BCUT2D eigenvalue weighted by Gasteiger charge is -2.16. The molecule has 3 aromatic rings. The fraction of sp³-hybridized carbons (Fsp3) is 0.118. The van der Waals surface area contributed by atoms with Gasteiger partial charge in [-0.2, -0.15) is 0 Å². The second kappa shape index (κ2) is 5.62. The Balaban J connectivity index is 1.91. The standard InChI is InChI=1S/C17H15ClN2O/c1-11(12-6-8-14(18)9-7-12)19-16-10-13-4-2-3-5-15(13)17(21)20-16/h2-11H,1H3,(H2,19,20,21). The fourth-order valence-electron chi connectivity index (χ4n) is 2.36. The molecule has 2 N–H and O–H groups in total. The highest BCUT2D eigenvalue weighted by molar-refractivity contribution is 6.30. The van der Waals surface area contributed by atoms with Gasteiger partial charge in [-0.15, -0.1) is 0 Å². The second-order valence-corrected chi connectivity index (χ2v) is 5.45. The molecule has 0 bridgehead atoms. The van der Waals surface area contributed by atoms with Crippen LogP contribution in [0.5, 0.6) is 0 Å². The highest BCUT2D eigenvalue weighted by Gasteiger charge is 2.07. The number of hydrogen-bond acceptors (Lipinski definition) is 2. The van der Waals surface area contributed by atoms with Crippen LogP contribution in [0.3, 0.4) is 0 Å². The molecule has 1 atom stereocenters. The number of H-pyrrole nitrogens is 1.